The average molecular weight is 245 g/mol. The van der Waals surface area contributed by atoms with E-state index in [2.05, 4.69) is 9.97 Å². The second-order valence-corrected chi connectivity index (χ2v) is 4.49. The highest BCUT2D eigenvalue weighted by Crippen LogP contribution is 2.15. The van der Waals surface area contributed by atoms with E-state index in [1.54, 1.807) is 22.6 Å². The van der Waals surface area contributed by atoms with Crippen LogP contribution in [0.3, 0.4) is 0 Å². The van der Waals surface area contributed by atoms with Crippen molar-refractivity contribution in [1.82, 2.24) is 14.4 Å². The highest BCUT2D eigenvalue weighted by atomic mass is 16.1. The number of aromatic amines is 1. The average Bonchev–Trinajstić information content (AvgIpc) is 2.78. The van der Waals surface area contributed by atoms with Crippen LogP contribution in [-0.4, -0.2) is 22.2 Å². The van der Waals surface area contributed by atoms with E-state index < -0.39 is 0 Å². The van der Waals surface area contributed by atoms with Crippen LogP contribution in [0.2, 0.25) is 0 Å². The van der Waals surface area contributed by atoms with E-state index in [1.807, 2.05) is 24.3 Å². The number of H-pyrrole nitrogens is 1. The Morgan fingerprint density at radius 3 is 2.89 bits per heavy atom. The van der Waals surface area contributed by atoms with Crippen LogP contribution in [0.15, 0.2) is 47.3 Å². The van der Waals surface area contributed by atoms with Gasteiger partial charge in [-0.25, -0.2) is 9.38 Å². The van der Waals surface area contributed by atoms with E-state index in [0.717, 1.165) is 11.0 Å². The number of rotatable bonds is 0. The molecule has 2 radical (unpaired) electrons. The predicted molar refractivity (Wildman–Crippen MR) is 76.2 cm³/mol. The number of nitrogens with one attached hydrogen (secondary N) is 1. The van der Waals surface area contributed by atoms with Crippen LogP contribution in [-0.2, 0) is 0 Å². The zero-order valence-corrected chi connectivity index (χ0v) is 9.92. The van der Waals surface area contributed by atoms with Gasteiger partial charge in [-0.2, -0.15) is 0 Å². The summed E-state index contributed by atoms with van der Waals surface area (Å²) in [7, 11) is 5.74. The van der Waals surface area contributed by atoms with Crippen LogP contribution in [0.1, 0.15) is 0 Å². The van der Waals surface area contributed by atoms with Gasteiger partial charge in [0, 0.05) is 0 Å². The lowest BCUT2D eigenvalue weighted by molar-refractivity contribution is 1.12. The summed E-state index contributed by atoms with van der Waals surface area (Å²) in [5.41, 5.74) is 2.80. The summed E-state index contributed by atoms with van der Waals surface area (Å²) in [6, 6.07) is 12.8. The molecule has 0 aliphatic carbocycles. The van der Waals surface area contributed by atoms with Crippen molar-refractivity contribution in [3.05, 3.63) is 52.8 Å². The van der Waals surface area contributed by atoms with E-state index in [9.17, 15) is 4.79 Å². The molecule has 19 heavy (non-hydrogen) atoms. The predicted octanol–water partition coefficient (Wildman–Crippen LogP) is 1.12. The number of para-hydroxylation sites is 2. The Labute approximate surface area is 109 Å². The third-order valence-electron chi connectivity index (χ3n) is 3.28. The molecular formula is C14H8BN3O. The SMILES string of the molecule is [B]c1ccc2nc3[nH]c4ccccc4n3c(=O)c2c1. The standard InChI is InChI=1S/C14H8BN3O/c15-8-5-6-10-9(7-8)13(19)18-12-4-2-1-3-11(12)17-14(18)16-10/h1-7H,(H,16,17). The van der Waals surface area contributed by atoms with E-state index >= 15 is 0 Å². The molecule has 4 aromatic rings. The van der Waals surface area contributed by atoms with E-state index in [4.69, 9.17) is 7.85 Å². The maximum Gasteiger partial charge on any atom is 0.267 e. The topological polar surface area (TPSA) is 50.2 Å². The van der Waals surface area contributed by atoms with Crippen LogP contribution in [0.4, 0.5) is 0 Å². The molecule has 0 aliphatic heterocycles. The number of benzene rings is 2. The maximum absolute atomic E-state index is 12.6. The first-order valence-corrected chi connectivity index (χ1v) is 5.93. The second-order valence-electron chi connectivity index (χ2n) is 4.49. The molecule has 0 spiro atoms. The van der Waals surface area contributed by atoms with Gasteiger partial charge in [-0.3, -0.25) is 4.79 Å². The number of hydrogen-bond donors (Lipinski definition) is 1. The molecule has 0 bridgehead atoms. The van der Waals surface area contributed by atoms with Crippen LogP contribution in [0.25, 0.3) is 27.7 Å². The van der Waals surface area contributed by atoms with E-state index in [-0.39, 0.29) is 5.56 Å². The van der Waals surface area contributed by atoms with Gasteiger partial charge in [0.1, 0.15) is 7.85 Å². The molecule has 2 aromatic carbocycles. The lowest BCUT2D eigenvalue weighted by Crippen LogP contribution is -2.16. The van der Waals surface area contributed by atoms with E-state index in [0.29, 0.717) is 22.1 Å². The third-order valence-corrected chi connectivity index (χ3v) is 3.28. The molecule has 0 unspecified atom stereocenters. The summed E-state index contributed by atoms with van der Waals surface area (Å²) in [5.74, 6) is 0.545. The molecule has 4 rings (SSSR count). The van der Waals surface area contributed by atoms with Crippen LogP contribution in [0.5, 0.6) is 0 Å². The molecule has 0 fully saturated rings. The van der Waals surface area contributed by atoms with Crippen molar-refractivity contribution in [2.24, 2.45) is 0 Å². The minimum absolute atomic E-state index is 0.107. The lowest BCUT2D eigenvalue weighted by atomic mass is 9.95. The number of aromatic nitrogens is 3. The van der Waals surface area contributed by atoms with Crippen LogP contribution >= 0.6 is 0 Å². The fraction of sp³-hybridized carbons (Fsp3) is 0. The third kappa shape index (κ3) is 1.35. The Kier molecular flexibility index (Phi) is 1.90. The quantitative estimate of drug-likeness (QED) is 0.472. The molecule has 0 amide bonds. The van der Waals surface area contributed by atoms with Crippen molar-refractivity contribution in [3.8, 4) is 0 Å². The fourth-order valence-electron chi connectivity index (χ4n) is 2.41. The molecule has 0 saturated heterocycles. The summed E-state index contributed by atoms with van der Waals surface area (Å²) in [5, 5.41) is 0.530. The number of imidazole rings is 1. The smallest absolute Gasteiger partial charge is 0.267 e. The van der Waals surface area contributed by atoms with Crippen molar-refractivity contribution in [1.29, 1.82) is 0 Å². The summed E-state index contributed by atoms with van der Waals surface area (Å²) in [6.07, 6.45) is 0. The summed E-state index contributed by atoms with van der Waals surface area (Å²) < 4.78 is 1.58. The Balaban J connectivity index is 2.34. The molecule has 5 heteroatoms. The van der Waals surface area contributed by atoms with Gasteiger partial charge in [-0.15, -0.1) is 0 Å². The normalized spacial score (nSPS) is 11.6. The summed E-state index contributed by atoms with van der Waals surface area (Å²) >= 11 is 0. The van der Waals surface area contributed by atoms with Crippen LogP contribution in [0, 0.1) is 0 Å². The summed E-state index contributed by atoms with van der Waals surface area (Å²) in [6.45, 7) is 0. The Morgan fingerprint density at radius 1 is 1.16 bits per heavy atom. The molecule has 0 atom stereocenters. The van der Waals surface area contributed by atoms with Crippen molar-refractivity contribution >= 4 is 41.0 Å². The number of nitrogens with zero attached hydrogens (tertiary/aromatic N) is 2. The van der Waals surface area contributed by atoms with Gasteiger partial charge in [0.2, 0.25) is 5.78 Å². The maximum atomic E-state index is 12.6. The molecule has 1 N–H and O–H groups in total. The molecular weight excluding hydrogens is 237 g/mol. The molecule has 88 valence electrons. The zero-order valence-electron chi connectivity index (χ0n) is 9.92. The molecule has 0 saturated carbocycles. The first kappa shape index (κ1) is 10.4. The van der Waals surface area contributed by atoms with Gasteiger partial charge in [0.15, 0.2) is 0 Å². The lowest BCUT2D eigenvalue weighted by Gasteiger charge is -2.00. The van der Waals surface area contributed by atoms with Gasteiger partial charge < -0.3 is 4.98 Å². The summed E-state index contributed by atoms with van der Waals surface area (Å²) in [4.78, 5) is 20.2. The van der Waals surface area contributed by atoms with Gasteiger partial charge in [0.05, 0.1) is 21.9 Å². The number of fused-ring (bicyclic) bond motifs is 4. The van der Waals surface area contributed by atoms with Gasteiger partial charge in [-0.1, -0.05) is 29.7 Å². The Bertz CT molecular complexity index is 1000. The largest absolute Gasteiger partial charge is 0.323 e. The van der Waals surface area contributed by atoms with Gasteiger partial charge >= 0.3 is 0 Å². The van der Waals surface area contributed by atoms with Gasteiger partial charge in [0.25, 0.3) is 5.56 Å². The monoisotopic (exact) mass is 245 g/mol. The first-order chi connectivity index (χ1) is 9.24. The Morgan fingerprint density at radius 2 is 2.00 bits per heavy atom. The first-order valence-electron chi connectivity index (χ1n) is 5.93. The van der Waals surface area contributed by atoms with Crippen molar-refractivity contribution in [2.75, 3.05) is 0 Å². The molecule has 0 aliphatic rings. The number of hydrogen-bond acceptors (Lipinski definition) is 2. The van der Waals surface area contributed by atoms with Crippen LogP contribution < -0.4 is 11.0 Å². The highest BCUT2D eigenvalue weighted by molar-refractivity contribution is 6.33. The van der Waals surface area contributed by atoms with E-state index in [1.165, 1.54) is 0 Å². The minimum Gasteiger partial charge on any atom is -0.323 e. The molecule has 2 heterocycles. The van der Waals surface area contributed by atoms with Crippen molar-refractivity contribution in [2.45, 2.75) is 0 Å². The second kappa shape index (κ2) is 3.48. The Hall–Kier alpha value is -2.56. The van der Waals surface area contributed by atoms with Crippen molar-refractivity contribution in [3.63, 3.8) is 0 Å². The van der Waals surface area contributed by atoms with Gasteiger partial charge in [-0.05, 0) is 18.2 Å². The minimum atomic E-state index is -0.107. The molecule has 4 nitrogen and oxygen atoms in total. The molecule has 2 aromatic heterocycles. The zero-order chi connectivity index (χ0) is 13.0. The fourth-order valence-corrected chi connectivity index (χ4v) is 2.41. The van der Waals surface area contributed by atoms with Crippen molar-refractivity contribution < 1.29 is 0 Å². The highest BCUT2D eigenvalue weighted by Gasteiger charge is 2.10.